The molecule has 0 aliphatic carbocycles. The summed E-state index contributed by atoms with van der Waals surface area (Å²) in [6.07, 6.45) is 8.97. The van der Waals surface area contributed by atoms with E-state index in [1.165, 1.54) is 11.1 Å². The first-order valence-corrected chi connectivity index (χ1v) is 10.9. The summed E-state index contributed by atoms with van der Waals surface area (Å²) in [6, 6.07) is 15.4. The van der Waals surface area contributed by atoms with E-state index in [-0.39, 0.29) is 6.10 Å². The lowest BCUT2D eigenvalue weighted by Gasteiger charge is -2.26. The minimum Gasteiger partial charge on any atom is -0.478 e. The Morgan fingerprint density at radius 2 is 1.87 bits per heavy atom. The van der Waals surface area contributed by atoms with Gasteiger partial charge in [-0.15, -0.1) is 0 Å². The van der Waals surface area contributed by atoms with Crippen molar-refractivity contribution in [3.05, 3.63) is 82.9 Å². The number of hydrogen-bond acceptors (Lipinski definition) is 3. The normalized spacial score (nSPS) is 26.3. The Morgan fingerprint density at radius 1 is 1.13 bits per heavy atom. The van der Waals surface area contributed by atoms with E-state index in [2.05, 4.69) is 25.1 Å². The molecule has 4 heteroatoms. The molecule has 2 bridgehead atoms. The molecule has 0 aromatic heterocycles. The van der Waals surface area contributed by atoms with Crippen LogP contribution in [0.3, 0.4) is 0 Å². The van der Waals surface area contributed by atoms with Gasteiger partial charge in [0.1, 0.15) is 0 Å². The number of carbonyl (C=O) groups is 1. The standard InChI is InChI=1S/C26H30O4/c1-17-4-2-3-5-20(17)16-21(27)11-13-23-22(24-14-15-25(23)30-24)12-8-18-6-9-19(10-7-18)26(28)29/h2-7,9-11,13,21-25,27H,8,12,14-16H2,1H3,(H,28,29)/b13-11+/t21?,22-,23+,24-,25+/m1/s1. The topological polar surface area (TPSA) is 66.8 Å². The Balaban J connectivity index is 1.37. The van der Waals surface area contributed by atoms with Crippen molar-refractivity contribution in [2.24, 2.45) is 11.8 Å². The van der Waals surface area contributed by atoms with Gasteiger partial charge in [0.25, 0.3) is 0 Å². The average molecular weight is 407 g/mol. The SMILES string of the molecule is Cc1ccccc1CC(O)/C=C/[C@H]1[C@@H](CCc2ccc(C(=O)O)cc2)[C@H]2CC[C@@H]1O2. The van der Waals surface area contributed by atoms with Crippen LogP contribution in [0.5, 0.6) is 0 Å². The van der Waals surface area contributed by atoms with Gasteiger partial charge in [0, 0.05) is 12.3 Å². The molecule has 2 aliphatic rings. The molecule has 4 nitrogen and oxygen atoms in total. The number of carboxylic acids is 1. The van der Waals surface area contributed by atoms with Crippen LogP contribution in [0.15, 0.2) is 60.7 Å². The number of aromatic carboxylic acids is 1. The van der Waals surface area contributed by atoms with Crippen LogP contribution < -0.4 is 0 Å². The highest BCUT2D eigenvalue weighted by Gasteiger charge is 2.47. The zero-order valence-corrected chi connectivity index (χ0v) is 17.4. The maximum absolute atomic E-state index is 11.0. The number of fused-ring (bicyclic) bond motifs is 2. The van der Waals surface area contributed by atoms with E-state index in [0.29, 0.717) is 29.9 Å². The van der Waals surface area contributed by atoms with E-state index in [0.717, 1.165) is 31.2 Å². The first kappa shape index (κ1) is 20.8. The average Bonchev–Trinajstić information content (AvgIpc) is 3.34. The Morgan fingerprint density at radius 3 is 2.60 bits per heavy atom. The van der Waals surface area contributed by atoms with Crippen molar-refractivity contribution in [2.75, 3.05) is 0 Å². The van der Waals surface area contributed by atoms with Crippen LogP contribution in [0.2, 0.25) is 0 Å². The molecule has 0 radical (unpaired) electrons. The predicted octanol–water partition coefficient (Wildman–Crippen LogP) is 4.58. The van der Waals surface area contributed by atoms with Gasteiger partial charge in [-0.3, -0.25) is 0 Å². The first-order valence-electron chi connectivity index (χ1n) is 10.9. The van der Waals surface area contributed by atoms with Crippen LogP contribution >= 0.6 is 0 Å². The molecule has 2 fully saturated rings. The molecular weight excluding hydrogens is 376 g/mol. The van der Waals surface area contributed by atoms with Crippen LogP contribution in [0.25, 0.3) is 0 Å². The molecule has 5 atom stereocenters. The second kappa shape index (κ2) is 9.15. The fourth-order valence-corrected chi connectivity index (χ4v) is 4.99. The number of benzene rings is 2. The second-order valence-electron chi connectivity index (χ2n) is 8.66. The van der Waals surface area contributed by atoms with Crippen LogP contribution in [0.1, 0.15) is 46.3 Å². The Hall–Kier alpha value is -2.43. The number of rotatable bonds is 8. The lowest BCUT2D eigenvalue weighted by molar-refractivity contribution is 0.0697. The first-order chi connectivity index (χ1) is 14.5. The van der Waals surface area contributed by atoms with Gasteiger partial charge in [0.15, 0.2) is 0 Å². The second-order valence-corrected chi connectivity index (χ2v) is 8.66. The van der Waals surface area contributed by atoms with E-state index < -0.39 is 12.1 Å². The van der Waals surface area contributed by atoms with Crippen LogP contribution in [-0.2, 0) is 17.6 Å². The van der Waals surface area contributed by atoms with Crippen LogP contribution in [-0.4, -0.2) is 34.5 Å². The zero-order valence-electron chi connectivity index (χ0n) is 17.4. The summed E-state index contributed by atoms with van der Waals surface area (Å²) < 4.78 is 6.20. The highest BCUT2D eigenvalue weighted by molar-refractivity contribution is 5.87. The Kier molecular flexibility index (Phi) is 6.35. The molecule has 0 saturated carbocycles. The lowest BCUT2D eigenvalue weighted by atomic mass is 9.76. The van der Waals surface area contributed by atoms with Crippen molar-refractivity contribution in [1.29, 1.82) is 0 Å². The minimum atomic E-state index is -0.891. The summed E-state index contributed by atoms with van der Waals surface area (Å²) in [5, 5.41) is 19.6. The molecule has 2 N–H and O–H groups in total. The van der Waals surface area contributed by atoms with Crippen LogP contribution in [0, 0.1) is 18.8 Å². The summed E-state index contributed by atoms with van der Waals surface area (Å²) >= 11 is 0. The van der Waals surface area contributed by atoms with Crippen molar-refractivity contribution in [3.63, 3.8) is 0 Å². The van der Waals surface area contributed by atoms with Gasteiger partial charge in [-0.2, -0.15) is 0 Å². The number of carboxylic acid groups (broad SMARTS) is 1. The zero-order chi connectivity index (χ0) is 21.1. The molecule has 0 spiro atoms. The molecule has 30 heavy (non-hydrogen) atoms. The fourth-order valence-electron chi connectivity index (χ4n) is 4.99. The van der Waals surface area contributed by atoms with Crippen LogP contribution in [0.4, 0.5) is 0 Å². The van der Waals surface area contributed by atoms with Crippen molar-refractivity contribution in [1.82, 2.24) is 0 Å². The smallest absolute Gasteiger partial charge is 0.335 e. The Bertz CT molecular complexity index is 902. The number of aliphatic hydroxyl groups excluding tert-OH is 1. The molecule has 2 saturated heterocycles. The fraction of sp³-hybridized carbons (Fsp3) is 0.423. The molecule has 1 unspecified atom stereocenters. The molecule has 4 rings (SSSR count). The summed E-state index contributed by atoms with van der Waals surface area (Å²) in [6.45, 7) is 2.08. The Labute approximate surface area is 178 Å². The van der Waals surface area contributed by atoms with Gasteiger partial charge in [0.2, 0.25) is 0 Å². The van der Waals surface area contributed by atoms with E-state index in [1.54, 1.807) is 12.1 Å². The van der Waals surface area contributed by atoms with Gasteiger partial charge >= 0.3 is 5.97 Å². The number of aliphatic hydroxyl groups is 1. The molecular formula is C26H30O4. The van der Waals surface area contributed by atoms with Crippen molar-refractivity contribution in [2.45, 2.75) is 57.3 Å². The molecule has 158 valence electrons. The minimum absolute atomic E-state index is 0.260. The van der Waals surface area contributed by atoms with Gasteiger partial charge in [0.05, 0.1) is 23.9 Å². The molecule has 2 aliphatic heterocycles. The summed E-state index contributed by atoms with van der Waals surface area (Å²) in [5.74, 6) is -0.101. The number of aryl methyl sites for hydroxylation is 2. The molecule has 2 aromatic rings. The highest BCUT2D eigenvalue weighted by atomic mass is 16.5. The van der Waals surface area contributed by atoms with Gasteiger partial charge in [-0.1, -0.05) is 48.6 Å². The quantitative estimate of drug-likeness (QED) is 0.630. The predicted molar refractivity (Wildman–Crippen MR) is 117 cm³/mol. The van der Waals surface area contributed by atoms with Gasteiger partial charge in [-0.05, 0) is 67.3 Å². The van der Waals surface area contributed by atoms with E-state index in [4.69, 9.17) is 9.84 Å². The monoisotopic (exact) mass is 406 g/mol. The third-order valence-electron chi connectivity index (χ3n) is 6.70. The molecule has 2 aromatic carbocycles. The van der Waals surface area contributed by atoms with Gasteiger partial charge < -0.3 is 14.9 Å². The molecule has 0 amide bonds. The highest BCUT2D eigenvalue weighted by Crippen LogP contribution is 2.46. The van der Waals surface area contributed by atoms with Crippen molar-refractivity contribution >= 4 is 5.97 Å². The summed E-state index contributed by atoms with van der Waals surface area (Å²) in [7, 11) is 0. The number of ether oxygens (including phenoxy) is 1. The lowest BCUT2D eigenvalue weighted by Crippen LogP contribution is -2.26. The maximum atomic E-state index is 11.0. The van der Waals surface area contributed by atoms with Gasteiger partial charge in [-0.25, -0.2) is 4.79 Å². The third-order valence-corrected chi connectivity index (χ3v) is 6.70. The number of hydrogen-bond donors (Lipinski definition) is 2. The van der Waals surface area contributed by atoms with E-state index in [1.807, 2.05) is 30.3 Å². The summed E-state index contributed by atoms with van der Waals surface area (Å²) in [4.78, 5) is 11.0. The largest absolute Gasteiger partial charge is 0.478 e. The van der Waals surface area contributed by atoms with E-state index >= 15 is 0 Å². The van der Waals surface area contributed by atoms with E-state index in [9.17, 15) is 9.90 Å². The third kappa shape index (κ3) is 4.66. The summed E-state index contributed by atoms with van der Waals surface area (Å²) in [5.41, 5.74) is 3.87. The van der Waals surface area contributed by atoms with Crippen molar-refractivity contribution in [3.8, 4) is 0 Å². The molecule has 2 heterocycles. The van der Waals surface area contributed by atoms with Crippen molar-refractivity contribution < 1.29 is 19.7 Å². The maximum Gasteiger partial charge on any atom is 0.335 e.